The van der Waals surface area contributed by atoms with Crippen molar-refractivity contribution in [1.29, 1.82) is 0 Å². The van der Waals surface area contributed by atoms with Gasteiger partial charge in [-0.1, -0.05) is 36.4 Å². The maximum absolute atomic E-state index is 13.4. The van der Waals surface area contributed by atoms with E-state index >= 15 is 0 Å². The van der Waals surface area contributed by atoms with Crippen molar-refractivity contribution in [1.82, 2.24) is 14.5 Å². The number of nitrogens with two attached hydrogens (primary N) is 1. The first-order valence-corrected chi connectivity index (χ1v) is 10.2. The number of amides is 1. The van der Waals surface area contributed by atoms with Crippen LogP contribution in [0.2, 0.25) is 0 Å². The molecule has 4 aromatic rings. The molecule has 2 aromatic heterocycles. The first-order chi connectivity index (χ1) is 15.5. The number of aliphatic hydroxyl groups is 1. The molecule has 0 aliphatic rings. The summed E-state index contributed by atoms with van der Waals surface area (Å²) in [6.07, 6.45) is 1.64. The Hall–Kier alpha value is -4.04. The Morgan fingerprint density at radius 1 is 1.16 bits per heavy atom. The van der Waals surface area contributed by atoms with Gasteiger partial charge in [-0.3, -0.25) is 9.59 Å². The predicted molar refractivity (Wildman–Crippen MR) is 123 cm³/mol. The zero-order valence-electron chi connectivity index (χ0n) is 17.6. The normalized spacial score (nSPS) is 10.9. The van der Waals surface area contributed by atoms with Gasteiger partial charge < -0.3 is 20.7 Å². The average molecular weight is 429 g/mol. The molecule has 2 aromatic carbocycles. The lowest BCUT2D eigenvalue weighted by atomic mass is 10.0. The second-order valence-electron chi connectivity index (χ2n) is 7.50. The molecule has 4 N–H and O–H groups in total. The number of hydrogen-bond acceptors (Lipinski definition) is 6. The number of pyridine rings is 1. The molecule has 8 nitrogen and oxygen atoms in total. The van der Waals surface area contributed by atoms with E-state index in [1.54, 1.807) is 29.0 Å². The van der Waals surface area contributed by atoms with Gasteiger partial charge in [-0.2, -0.15) is 0 Å². The number of hydrogen-bond donors (Lipinski definition) is 3. The van der Waals surface area contributed by atoms with Crippen LogP contribution in [0.1, 0.15) is 17.5 Å². The molecular weight excluding hydrogens is 406 g/mol. The van der Waals surface area contributed by atoms with Gasteiger partial charge in [-0.15, -0.1) is 0 Å². The molecule has 0 saturated heterocycles. The van der Waals surface area contributed by atoms with Crippen molar-refractivity contribution in [2.75, 3.05) is 5.32 Å². The molecule has 0 unspecified atom stereocenters. The fraction of sp³-hybridized carbons (Fsp3) is 0.167. The van der Waals surface area contributed by atoms with Crippen LogP contribution >= 0.6 is 0 Å². The van der Waals surface area contributed by atoms with Gasteiger partial charge in [0.1, 0.15) is 5.52 Å². The Bertz CT molecular complexity index is 1360. The molecule has 0 saturated carbocycles. The Morgan fingerprint density at radius 3 is 2.72 bits per heavy atom. The number of fused-ring (bicyclic) bond motifs is 1. The molecular formula is C24H23N5O3. The summed E-state index contributed by atoms with van der Waals surface area (Å²) in [4.78, 5) is 33.6. The summed E-state index contributed by atoms with van der Waals surface area (Å²) in [6.45, 7) is 2.03. The standard InChI is InChI=1S/C24H23N5O3/c1-15-5-2-3-8-19(15)20-12-17-13-26-24(27-18-7-4-6-16(11-18)14-30)28-22(17)23(32)29(20)10-9-21(25)31/h2-8,11-13,30H,9-10,14H2,1H3,(H2,25,31)(H,26,27,28). The largest absolute Gasteiger partial charge is 0.392 e. The predicted octanol–water partition coefficient (Wildman–Crippen LogP) is 2.88. The van der Waals surface area contributed by atoms with Crippen LogP contribution in [0.5, 0.6) is 0 Å². The van der Waals surface area contributed by atoms with Gasteiger partial charge in [-0.05, 0) is 36.2 Å². The highest BCUT2D eigenvalue weighted by molar-refractivity contribution is 5.83. The van der Waals surface area contributed by atoms with E-state index in [0.29, 0.717) is 16.8 Å². The van der Waals surface area contributed by atoms with Gasteiger partial charge in [0.2, 0.25) is 11.9 Å². The third-order valence-electron chi connectivity index (χ3n) is 5.22. The van der Waals surface area contributed by atoms with Gasteiger partial charge >= 0.3 is 0 Å². The second-order valence-corrected chi connectivity index (χ2v) is 7.50. The summed E-state index contributed by atoms with van der Waals surface area (Å²) in [5.41, 5.74) is 9.27. The number of nitrogens with zero attached hydrogens (tertiary/aromatic N) is 3. The molecule has 162 valence electrons. The van der Waals surface area contributed by atoms with Crippen molar-refractivity contribution >= 4 is 28.4 Å². The Morgan fingerprint density at radius 2 is 1.97 bits per heavy atom. The monoisotopic (exact) mass is 429 g/mol. The van der Waals surface area contributed by atoms with Crippen molar-refractivity contribution < 1.29 is 9.90 Å². The summed E-state index contributed by atoms with van der Waals surface area (Å²) in [6, 6.07) is 16.8. The van der Waals surface area contributed by atoms with E-state index in [9.17, 15) is 14.7 Å². The van der Waals surface area contributed by atoms with Crippen molar-refractivity contribution in [3.63, 3.8) is 0 Å². The van der Waals surface area contributed by atoms with Crippen LogP contribution < -0.4 is 16.6 Å². The van der Waals surface area contributed by atoms with Gasteiger partial charge in [0, 0.05) is 35.8 Å². The van der Waals surface area contributed by atoms with Crippen LogP contribution in [0, 0.1) is 6.92 Å². The Kier molecular flexibility index (Phi) is 5.96. The second kappa shape index (κ2) is 8.99. The fourth-order valence-electron chi connectivity index (χ4n) is 3.59. The van der Waals surface area contributed by atoms with Crippen LogP contribution in [0.3, 0.4) is 0 Å². The fourth-order valence-corrected chi connectivity index (χ4v) is 3.59. The molecule has 2 heterocycles. The van der Waals surface area contributed by atoms with Crippen LogP contribution in [0.4, 0.5) is 11.6 Å². The molecule has 0 spiro atoms. The maximum atomic E-state index is 13.4. The lowest BCUT2D eigenvalue weighted by Gasteiger charge is -2.16. The minimum atomic E-state index is -0.485. The lowest BCUT2D eigenvalue weighted by molar-refractivity contribution is -0.118. The van der Waals surface area contributed by atoms with E-state index in [2.05, 4.69) is 15.3 Å². The van der Waals surface area contributed by atoms with Crippen LogP contribution in [-0.2, 0) is 17.9 Å². The third-order valence-corrected chi connectivity index (χ3v) is 5.22. The van der Waals surface area contributed by atoms with Crippen LogP contribution in [0.25, 0.3) is 22.2 Å². The zero-order valence-corrected chi connectivity index (χ0v) is 17.6. The smallest absolute Gasteiger partial charge is 0.277 e. The summed E-state index contributed by atoms with van der Waals surface area (Å²) in [5.74, 6) is -0.226. The number of carbonyl (C=O) groups is 1. The van der Waals surface area contributed by atoms with E-state index in [-0.39, 0.29) is 36.6 Å². The molecule has 0 radical (unpaired) electrons. The van der Waals surface area contributed by atoms with Crippen molar-refractivity contribution in [2.24, 2.45) is 5.73 Å². The molecule has 8 heteroatoms. The third kappa shape index (κ3) is 4.35. The number of primary amides is 1. The number of carbonyl (C=O) groups excluding carboxylic acids is 1. The quantitative estimate of drug-likeness (QED) is 0.415. The minimum Gasteiger partial charge on any atom is -0.392 e. The van der Waals surface area contributed by atoms with Crippen molar-refractivity contribution in [2.45, 2.75) is 26.5 Å². The number of anilines is 2. The molecule has 0 atom stereocenters. The Labute approximate surface area is 184 Å². The SMILES string of the molecule is Cc1ccccc1-c1cc2cnc(Nc3cccc(CO)c3)nc2c(=O)n1CCC(N)=O. The molecule has 0 aliphatic carbocycles. The van der Waals surface area contributed by atoms with Crippen LogP contribution in [-0.4, -0.2) is 25.5 Å². The topological polar surface area (TPSA) is 123 Å². The Balaban J connectivity index is 1.83. The van der Waals surface area contributed by atoms with E-state index in [1.165, 1.54) is 0 Å². The maximum Gasteiger partial charge on any atom is 0.277 e. The highest BCUT2D eigenvalue weighted by Crippen LogP contribution is 2.25. The molecule has 0 fully saturated rings. The molecule has 4 rings (SSSR count). The van der Waals surface area contributed by atoms with Gasteiger partial charge in [0.25, 0.3) is 5.56 Å². The number of rotatable bonds is 7. The summed E-state index contributed by atoms with van der Waals surface area (Å²) >= 11 is 0. The first-order valence-electron chi connectivity index (χ1n) is 10.2. The lowest BCUT2D eigenvalue weighted by Crippen LogP contribution is -2.26. The van der Waals surface area contributed by atoms with Gasteiger partial charge in [0.15, 0.2) is 0 Å². The summed E-state index contributed by atoms with van der Waals surface area (Å²) in [7, 11) is 0. The van der Waals surface area contributed by atoms with E-state index in [4.69, 9.17) is 5.73 Å². The van der Waals surface area contributed by atoms with Crippen molar-refractivity contribution in [3.05, 3.63) is 82.3 Å². The first kappa shape index (κ1) is 21.2. The van der Waals surface area contributed by atoms with E-state index < -0.39 is 5.91 Å². The van der Waals surface area contributed by atoms with Gasteiger partial charge in [-0.25, -0.2) is 9.97 Å². The summed E-state index contributed by atoms with van der Waals surface area (Å²) < 4.78 is 1.54. The molecule has 0 aliphatic heterocycles. The van der Waals surface area contributed by atoms with Gasteiger partial charge in [0.05, 0.1) is 12.3 Å². The minimum absolute atomic E-state index is 0.0361. The number of aromatic nitrogens is 3. The van der Waals surface area contributed by atoms with Crippen molar-refractivity contribution in [3.8, 4) is 11.3 Å². The number of aliphatic hydroxyl groups excluding tert-OH is 1. The number of benzene rings is 2. The molecule has 0 bridgehead atoms. The average Bonchev–Trinajstić information content (AvgIpc) is 2.79. The van der Waals surface area contributed by atoms with E-state index in [0.717, 1.165) is 16.7 Å². The zero-order chi connectivity index (χ0) is 22.7. The highest BCUT2D eigenvalue weighted by atomic mass is 16.3. The number of nitrogens with one attached hydrogen (secondary N) is 1. The molecule has 32 heavy (non-hydrogen) atoms. The van der Waals surface area contributed by atoms with E-state index in [1.807, 2.05) is 43.3 Å². The molecule has 1 amide bonds. The number of aryl methyl sites for hydroxylation is 1. The highest BCUT2D eigenvalue weighted by Gasteiger charge is 2.15. The van der Waals surface area contributed by atoms with Crippen LogP contribution in [0.15, 0.2) is 65.6 Å². The summed E-state index contributed by atoms with van der Waals surface area (Å²) in [5, 5.41) is 13.0.